The Labute approximate surface area is 99.6 Å². The van der Waals surface area contributed by atoms with Gasteiger partial charge in [0.15, 0.2) is 0 Å². The molecule has 0 aliphatic heterocycles. The van der Waals surface area contributed by atoms with E-state index in [1.807, 2.05) is 0 Å². The van der Waals surface area contributed by atoms with Crippen molar-refractivity contribution in [1.82, 2.24) is 15.5 Å². The van der Waals surface area contributed by atoms with Crippen LogP contribution in [0, 0.1) is 5.41 Å². The summed E-state index contributed by atoms with van der Waals surface area (Å²) in [5, 5.41) is 8.91. The van der Waals surface area contributed by atoms with E-state index in [1.54, 1.807) is 0 Å². The molecule has 2 rings (SSSR count). The molecule has 1 fully saturated rings. The number of hydrogen-bond acceptors (Lipinski definition) is 3. The summed E-state index contributed by atoms with van der Waals surface area (Å²) in [6.07, 6.45) is 3.11. The van der Waals surface area contributed by atoms with E-state index in [2.05, 4.69) is 29.4 Å². The first-order chi connectivity index (χ1) is 7.96. The molecule has 5 nitrogen and oxygen atoms in total. The van der Waals surface area contributed by atoms with E-state index >= 15 is 0 Å². The molecule has 1 unspecified atom stereocenters. The number of rotatable bonds is 2. The van der Waals surface area contributed by atoms with Crippen LogP contribution in [0.2, 0.25) is 0 Å². The van der Waals surface area contributed by atoms with E-state index < -0.39 is 0 Å². The molecule has 1 aliphatic carbocycles. The molecule has 1 atom stereocenters. The van der Waals surface area contributed by atoms with Crippen molar-refractivity contribution in [1.29, 1.82) is 0 Å². The molecule has 1 amide bonds. The second kappa shape index (κ2) is 4.31. The minimum absolute atomic E-state index is 0.214. The molecule has 5 heteroatoms. The van der Waals surface area contributed by atoms with Crippen LogP contribution in [-0.4, -0.2) is 22.1 Å². The quantitative estimate of drug-likeness (QED) is 0.805. The average molecular weight is 235 g/mol. The van der Waals surface area contributed by atoms with Crippen LogP contribution in [0.5, 0.6) is 0 Å². The molecule has 0 spiro atoms. The van der Waals surface area contributed by atoms with Crippen LogP contribution in [0.4, 0.5) is 0 Å². The first-order valence-corrected chi connectivity index (χ1v) is 5.83. The smallest absolute Gasteiger partial charge is 0.271 e. The topological polar surface area (TPSA) is 74.8 Å². The van der Waals surface area contributed by atoms with Crippen molar-refractivity contribution in [2.45, 2.75) is 39.2 Å². The van der Waals surface area contributed by atoms with Gasteiger partial charge in [-0.2, -0.15) is 5.10 Å². The van der Waals surface area contributed by atoms with Gasteiger partial charge in [0.25, 0.3) is 11.5 Å². The lowest BCUT2D eigenvalue weighted by molar-refractivity contribution is 0.0930. The maximum absolute atomic E-state index is 11.8. The molecule has 1 heterocycles. The maximum Gasteiger partial charge on any atom is 0.271 e. The summed E-state index contributed by atoms with van der Waals surface area (Å²) < 4.78 is 0. The highest BCUT2D eigenvalue weighted by Gasteiger charge is 2.31. The first-order valence-electron chi connectivity index (χ1n) is 5.83. The fourth-order valence-corrected chi connectivity index (χ4v) is 2.29. The van der Waals surface area contributed by atoms with E-state index in [-0.39, 0.29) is 23.2 Å². The summed E-state index contributed by atoms with van der Waals surface area (Å²) >= 11 is 0. The van der Waals surface area contributed by atoms with Crippen LogP contribution in [0.15, 0.2) is 16.9 Å². The van der Waals surface area contributed by atoms with Crippen molar-refractivity contribution in [3.05, 3.63) is 28.2 Å². The molecule has 2 N–H and O–H groups in total. The zero-order valence-corrected chi connectivity index (χ0v) is 10.1. The fraction of sp³-hybridized carbons (Fsp3) is 0.583. The van der Waals surface area contributed by atoms with Crippen molar-refractivity contribution in [2.75, 3.05) is 0 Å². The van der Waals surface area contributed by atoms with E-state index in [0.717, 1.165) is 19.3 Å². The van der Waals surface area contributed by atoms with Gasteiger partial charge in [0, 0.05) is 12.1 Å². The molecule has 0 aromatic carbocycles. The molecule has 0 saturated heterocycles. The molecule has 1 aliphatic rings. The van der Waals surface area contributed by atoms with Gasteiger partial charge >= 0.3 is 0 Å². The largest absolute Gasteiger partial charge is 0.348 e. The number of aromatic nitrogens is 2. The molecule has 1 saturated carbocycles. The van der Waals surface area contributed by atoms with E-state index in [9.17, 15) is 9.59 Å². The highest BCUT2D eigenvalue weighted by atomic mass is 16.2. The Kier molecular flexibility index (Phi) is 3.00. The van der Waals surface area contributed by atoms with Crippen molar-refractivity contribution >= 4 is 5.91 Å². The number of nitrogens with zero attached hydrogens (tertiary/aromatic N) is 1. The molecular formula is C12H17N3O2. The van der Waals surface area contributed by atoms with Gasteiger partial charge in [-0.3, -0.25) is 9.59 Å². The van der Waals surface area contributed by atoms with Gasteiger partial charge in [0.2, 0.25) is 0 Å². The third-order valence-electron chi connectivity index (χ3n) is 3.22. The third kappa shape index (κ3) is 2.93. The van der Waals surface area contributed by atoms with Crippen LogP contribution >= 0.6 is 0 Å². The summed E-state index contributed by atoms with van der Waals surface area (Å²) in [4.78, 5) is 22.7. The minimum atomic E-state index is -0.302. The minimum Gasteiger partial charge on any atom is -0.348 e. The summed E-state index contributed by atoms with van der Waals surface area (Å²) in [7, 11) is 0. The predicted molar refractivity (Wildman–Crippen MR) is 63.7 cm³/mol. The summed E-state index contributed by atoms with van der Waals surface area (Å²) in [6, 6.07) is 2.96. The highest BCUT2D eigenvalue weighted by Crippen LogP contribution is 2.36. The summed E-state index contributed by atoms with van der Waals surface area (Å²) in [5.41, 5.74) is 0.258. The monoisotopic (exact) mass is 235 g/mol. The van der Waals surface area contributed by atoms with Gasteiger partial charge in [-0.1, -0.05) is 13.8 Å². The summed E-state index contributed by atoms with van der Waals surface area (Å²) in [6.45, 7) is 4.41. The Morgan fingerprint density at radius 1 is 1.53 bits per heavy atom. The van der Waals surface area contributed by atoms with Gasteiger partial charge in [0.1, 0.15) is 5.69 Å². The van der Waals surface area contributed by atoms with Gasteiger partial charge in [-0.15, -0.1) is 0 Å². The van der Waals surface area contributed by atoms with E-state index in [4.69, 9.17) is 0 Å². The maximum atomic E-state index is 11.8. The molecule has 1 aromatic rings. The number of H-pyrrole nitrogens is 1. The second-order valence-corrected chi connectivity index (χ2v) is 5.38. The number of aromatic amines is 1. The predicted octanol–water partition coefficient (Wildman–Crippen LogP) is 1.08. The summed E-state index contributed by atoms with van der Waals surface area (Å²) in [5.74, 6) is -0.219. The first kappa shape index (κ1) is 11.8. The van der Waals surface area contributed by atoms with Crippen molar-refractivity contribution < 1.29 is 4.79 Å². The number of hydrogen-bond donors (Lipinski definition) is 2. The van der Waals surface area contributed by atoms with Crippen molar-refractivity contribution in [2.24, 2.45) is 5.41 Å². The average Bonchev–Trinajstić information content (AvgIpc) is 2.59. The fourth-order valence-electron chi connectivity index (χ4n) is 2.29. The molecule has 1 aromatic heterocycles. The number of carbonyl (C=O) groups excluding carboxylic acids is 1. The van der Waals surface area contributed by atoms with Crippen LogP contribution < -0.4 is 10.9 Å². The van der Waals surface area contributed by atoms with Gasteiger partial charge in [-0.25, -0.2) is 5.10 Å². The SMILES string of the molecule is CC1(C)CCC(NC(=O)c2ccc(=O)[nH]n2)C1. The standard InChI is InChI=1S/C12H17N3O2/c1-12(2)6-5-8(7-12)13-11(17)9-3-4-10(16)15-14-9/h3-4,8H,5-7H2,1-2H3,(H,13,17)(H,15,16). The van der Waals surface area contributed by atoms with E-state index in [1.165, 1.54) is 12.1 Å². The van der Waals surface area contributed by atoms with E-state index in [0.29, 0.717) is 5.41 Å². The Bertz CT molecular complexity index is 458. The number of amides is 1. The molecule has 0 bridgehead atoms. The Hall–Kier alpha value is -1.65. The van der Waals surface area contributed by atoms with Crippen LogP contribution in [0.1, 0.15) is 43.6 Å². The Balaban J connectivity index is 1.98. The highest BCUT2D eigenvalue weighted by molar-refractivity contribution is 5.92. The molecule has 92 valence electrons. The Morgan fingerprint density at radius 2 is 2.29 bits per heavy atom. The Morgan fingerprint density at radius 3 is 2.82 bits per heavy atom. The zero-order chi connectivity index (χ0) is 12.5. The van der Waals surface area contributed by atoms with Crippen LogP contribution in [0.3, 0.4) is 0 Å². The lowest BCUT2D eigenvalue weighted by Crippen LogP contribution is -2.34. The zero-order valence-electron chi connectivity index (χ0n) is 10.1. The van der Waals surface area contributed by atoms with Crippen molar-refractivity contribution in [3.63, 3.8) is 0 Å². The molecular weight excluding hydrogens is 218 g/mol. The number of nitrogens with one attached hydrogen (secondary N) is 2. The van der Waals surface area contributed by atoms with Crippen LogP contribution in [-0.2, 0) is 0 Å². The normalized spacial score (nSPS) is 22.4. The van der Waals surface area contributed by atoms with Crippen molar-refractivity contribution in [3.8, 4) is 0 Å². The molecule has 17 heavy (non-hydrogen) atoms. The van der Waals surface area contributed by atoms with Gasteiger partial charge < -0.3 is 5.32 Å². The van der Waals surface area contributed by atoms with Gasteiger partial charge in [0.05, 0.1) is 0 Å². The molecule has 0 radical (unpaired) electrons. The van der Waals surface area contributed by atoms with Crippen LogP contribution in [0.25, 0.3) is 0 Å². The van der Waals surface area contributed by atoms with Gasteiger partial charge in [-0.05, 0) is 30.7 Å². The number of carbonyl (C=O) groups is 1. The third-order valence-corrected chi connectivity index (χ3v) is 3.22. The lowest BCUT2D eigenvalue weighted by atomic mass is 9.92. The lowest BCUT2D eigenvalue weighted by Gasteiger charge is -2.17. The second-order valence-electron chi connectivity index (χ2n) is 5.38.